The van der Waals surface area contributed by atoms with Gasteiger partial charge < -0.3 is 23.9 Å². The average molecular weight is 439 g/mol. The van der Waals surface area contributed by atoms with Gasteiger partial charge in [-0.3, -0.25) is 10.1 Å². The first-order valence-corrected chi connectivity index (χ1v) is 10.2. The van der Waals surface area contributed by atoms with Crippen molar-refractivity contribution in [3.05, 3.63) is 47.5 Å². The maximum absolute atomic E-state index is 12.8. The number of nitrogens with zero attached hydrogens (tertiary/aromatic N) is 1. The minimum Gasteiger partial charge on any atom is -0.497 e. The van der Waals surface area contributed by atoms with E-state index in [4.69, 9.17) is 18.9 Å². The van der Waals surface area contributed by atoms with Crippen LogP contribution in [0.1, 0.15) is 10.5 Å². The van der Waals surface area contributed by atoms with Crippen molar-refractivity contribution < 1.29 is 23.7 Å². The van der Waals surface area contributed by atoms with Crippen LogP contribution in [0, 0.1) is 0 Å². The van der Waals surface area contributed by atoms with Gasteiger partial charge in [0, 0.05) is 28.5 Å². The third-order valence-corrected chi connectivity index (χ3v) is 5.53. The first-order chi connectivity index (χ1) is 15.1. The summed E-state index contributed by atoms with van der Waals surface area (Å²) in [6, 6.07) is 10.8. The van der Waals surface area contributed by atoms with Gasteiger partial charge in [0.2, 0.25) is 0 Å². The normalized spacial score (nSPS) is 10.7. The Morgan fingerprint density at radius 3 is 2.39 bits per heavy atom. The first-order valence-electron chi connectivity index (χ1n) is 9.30. The van der Waals surface area contributed by atoms with Crippen LogP contribution in [0.25, 0.3) is 22.2 Å². The Labute approximate surface area is 182 Å². The molecule has 0 unspecified atom stereocenters. The number of hydrogen-bond donors (Lipinski definition) is 2. The molecule has 2 N–H and O–H groups in total. The molecule has 0 bridgehead atoms. The van der Waals surface area contributed by atoms with Gasteiger partial charge in [-0.1, -0.05) is 0 Å². The van der Waals surface area contributed by atoms with E-state index in [0.29, 0.717) is 39.5 Å². The molecule has 4 aromatic rings. The van der Waals surface area contributed by atoms with Crippen LogP contribution in [-0.4, -0.2) is 44.3 Å². The van der Waals surface area contributed by atoms with Gasteiger partial charge in [-0.05, 0) is 24.3 Å². The van der Waals surface area contributed by atoms with Gasteiger partial charge in [0.25, 0.3) is 5.91 Å². The molecule has 0 saturated heterocycles. The summed E-state index contributed by atoms with van der Waals surface area (Å²) in [4.78, 5) is 20.4. The molecule has 9 heteroatoms. The summed E-state index contributed by atoms with van der Waals surface area (Å²) in [5.41, 5.74) is 2.61. The van der Waals surface area contributed by atoms with Gasteiger partial charge in [0.15, 0.2) is 5.13 Å². The van der Waals surface area contributed by atoms with Gasteiger partial charge in [0.05, 0.1) is 39.6 Å². The minimum atomic E-state index is -0.306. The summed E-state index contributed by atoms with van der Waals surface area (Å²) in [5, 5.41) is 5.98. The monoisotopic (exact) mass is 439 g/mol. The molecule has 0 aliphatic rings. The highest BCUT2D eigenvalue weighted by molar-refractivity contribution is 7.14. The highest BCUT2D eigenvalue weighted by Crippen LogP contribution is 2.35. The van der Waals surface area contributed by atoms with Crippen molar-refractivity contribution in [1.82, 2.24) is 9.97 Å². The number of amides is 1. The molecule has 8 nitrogen and oxygen atoms in total. The molecule has 0 atom stereocenters. The van der Waals surface area contributed by atoms with E-state index in [-0.39, 0.29) is 5.91 Å². The third-order valence-electron chi connectivity index (χ3n) is 4.78. The van der Waals surface area contributed by atoms with E-state index in [0.717, 1.165) is 16.5 Å². The number of carbonyl (C=O) groups excluding carboxylic acids is 1. The van der Waals surface area contributed by atoms with E-state index < -0.39 is 0 Å². The lowest BCUT2D eigenvalue weighted by Crippen LogP contribution is -2.11. The molecule has 160 valence electrons. The fourth-order valence-electron chi connectivity index (χ4n) is 3.22. The number of benzene rings is 2. The van der Waals surface area contributed by atoms with E-state index in [1.54, 1.807) is 46.6 Å². The highest BCUT2D eigenvalue weighted by Gasteiger charge is 2.16. The number of methoxy groups -OCH3 is 4. The molecule has 0 radical (unpaired) electrons. The molecule has 0 fully saturated rings. The fourth-order valence-corrected chi connectivity index (χ4v) is 3.92. The number of thiazole rings is 1. The third kappa shape index (κ3) is 3.99. The number of anilines is 1. The van der Waals surface area contributed by atoms with Gasteiger partial charge >= 0.3 is 0 Å². The minimum absolute atomic E-state index is 0.306. The molecule has 0 saturated carbocycles. The number of ether oxygens (including phenoxy) is 4. The lowest BCUT2D eigenvalue weighted by Gasteiger charge is -2.08. The molecule has 2 aromatic heterocycles. The predicted octanol–water partition coefficient (Wildman–Crippen LogP) is 4.58. The Kier molecular flexibility index (Phi) is 5.68. The van der Waals surface area contributed by atoms with Crippen LogP contribution >= 0.6 is 11.3 Å². The first kappa shape index (κ1) is 20.5. The lowest BCUT2D eigenvalue weighted by molar-refractivity contribution is 0.102. The Bertz CT molecular complexity index is 1250. The van der Waals surface area contributed by atoms with Crippen molar-refractivity contribution >= 4 is 33.3 Å². The van der Waals surface area contributed by atoms with Crippen molar-refractivity contribution in [2.45, 2.75) is 0 Å². The van der Waals surface area contributed by atoms with Gasteiger partial charge in [-0.15, -0.1) is 11.3 Å². The maximum atomic E-state index is 12.8. The van der Waals surface area contributed by atoms with Crippen molar-refractivity contribution in [2.24, 2.45) is 0 Å². The summed E-state index contributed by atoms with van der Waals surface area (Å²) in [6.45, 7) is 0. The lowest BCUT2D eigenvalue weighted by atomic mass is 10.1. The molecule has 0 aliphatic carbocycles. The molecule has 0 spiro atoms. The molecule has 2 heterocycles. The smallest absolute Gasteiger partial charge is 0.273 e. The Balaban J connectivity index is 1.58. The molecular weight excluding hydrogens is 418 g/mol. The zero-order valence-corrected chi connectivity index (χ0v) is 18.3. The summed E-state index contributed by atoms with van der Waals surface area (Å²) in [5.74, 6) is 2.26. The number of carbonyl (C=O) groups is 1. The molecule has 31 heavy (non-hydrogen) atoms. The number of nitrogens with one attached hydrogen (secondary N) is 2. The van der Waals surface area contributed by atoms with E-state index >= 15 is 0 Å². The van der Waals surface area contributed by atoms with Crippen LogP contribution in [0.2, 0.25) is 0 Å². The van der Waals surface area contributed by atoms with Crippen molar-refractivity contribution in [3.8, 4) is 34.3 Å². The van der Waals surface area contributed by atoms with Crippen LogP contribution in [0.3, 0.4) is 0 Å². The summed E-state index contributed by atoms with van der Waals surface area (Å²) in [7, 11) is 6.34. The van der Waals surface area contributed by atoms with Crippen molar-refractivity contribution in [3.63, 3.8) is 0 Å². The maximum Gasteiger partial charge on any atom is 0.273 e. The standard InChI is InChI=1S/C22H21N3O5S/c1-27-13-5-6-15(18(9-13)29-3)17-11-31-22(24-17)25-21(26)16-8-12-7-14(28-2)10-19(30-4)20(12)23-16/h5-11,23H,1-4H3,(H,24,25,26). The van der Waals surface area contributed by atoms with Crippen molar-refractivity contribution in [2.75, 3.05) is 33.8 Å². The molecular formula is C22H21N3O5S. The SMILES string of the molecule is COc1ccc(-c2csc(NC(=O)c3cc4cc(OC)cc(OC)c4[nH]3)n2)c(OC)c1. The second kappa shape index (κ2) is 8.57. The molecule has 0 aliphatic heterocycles. The summed E-state index contributed by atoms with van der Waals surface area (Å²) >= 11 is 1.33. The van der Waals surface area contributed by atoms with E-state index in [2.05, 4.69) is 15.3 Å². The second-order valence-electron chi connectivity index (χ2n) is 6.54. The predicted molar refractivity (Wildman–Crippen MR) is 120 cm³/mol. The van der Waals surface area contributed by atoms with Gasteiger partial charge in [-0.25, -0.2) is 4.98 Å². The Morgan fingerprint density at radius 2 is 1.68 bits per heavy atom. The van der Waals surface area contributed by atoms with Crippen LogP contribution in [0.4, 0.5) is 5.13 Å². The zero-order chi connectivity index (χ0) is 22.0. The van der Waals surface area contributed by atoms with Crippen LogP contribution in [-0.2, 0) is 0 Å². The second-order valence-corrected chi connectivity index (χ2v) is 7.39. The Hall–Kier alpha value is -3.72. The number of H-pyrrole nitrogens is 1. The van der Waals surface area contributed by atoms with Gasteiger partial charge in [-0.2, -0.15) is 0 Å². The average Bonchev–Trinajstić information content (AvgIpc) is 3.44. The number of hydrogen-bond acceptors (Lipinski definition) is 7. The molecule has 4 rings (SSSR count). The summed E-state index contributed by atoms with van der Waals surface area (Å²) < 4.78 is 21.4. The molecule has 1 amide bonds. The Morgan fingerprint density at radius 1 is 0.935 bits per heavy atom. The van der Waals surface area contributed by atoms with E-state index in [9.17, 15) is 4.79 Å². The highest BCUT2D eigenvalue weighted by atomic mass is 32.1. The topological polar surface area (TPSA) is 94.7 Å². The largest absolute Gasteiger partial charge is 0.497 e. The quantitative estimate of drug-likeness (QED) is 0.438. The number of aromatic amines is 1. The number of rotatable bonds is 7. The zero-order valence-electron chi connectivity index (χ0n) is 17.4. The van der Waals surface area contributed by atoms with Crippen molar-refractivity contribution in [1.29, 1.82) is 0 Å². The van der Waals surface area contributed by atoms with E-state index in [1.165, 1.54) is 11.3 Å². The van der Waals surface area contributed by atoms with Crippen LogP contribution < -0.4 is 24.3 Å². The van der Waals surface area contributed by atoms with E-state index in [1.807, 2.05) is 23.6 Å². The van der Waals surface area contributed by atoms with Gasteiger partial charge in [0.1, 0.15) is 28.7 Å². The number of fused-ring (bicyclic) bond motifs is 1. The van der Waals surface area contributed by atoms with Crippen LogP contribution in [0.5, 0.6) is 23.0 Å². The van der Waals surface area contributed by atoms with Crippen LogP contribution in [0.15, 0.2) is 41.8 Å². The fraction of sp³-hybridized carbons (Fsp3) is 0.182. The summed E-state index contributed by atoms with van der Waals surface area (Å²) in [6.07, 6.45) is 0. The number of aromatic nitrogens is 2. The molecule has 2 aromatic carbocycles.